The first-order chi connectivity index (χ1) is 14.2. The zero-order valence-electron chi connectivity index (χ0n) is 16.0. The fourth-order valence-electron chi connectivity index (χ4n) is 3.62. The van der Waals surface area contributed by atoms with E-state index in [1.165, 1.54) is 0 Å². The normalized spacial score (nSPS) is 11.1. The number of rotatable bonds is 7. The van der Waals surface area contributed by atoms with Gasteiger partial charge in [-0.3, -0.25) is 0 Å². The number of carbonyl (C=O) groups is 1. The van der Waals surface area contributed by atoms with E-state index in [1.54, 1.807) is 12.1 Å². The molecular weight excluding hydrogens is 364 g/mol. The Labute approximate surface area is 168 Å². The van der Waals surface area contributed by atoms with Crippen LogP contribution >= 0.6 is 0 Å². The minimum atomic E-state index is -0.928. The summed E-state index contributed by atoms with van der Waals surface area (Å²) in [6.45, 7) is 0.809. The summed E-state index contributed by atoms with van der Waals surface area (Å²) in [5.41, 5.74) is 5.02. The van der Waals surface area contributed by atoms with Crippen molar-refractivity contribution in [2.75, 3.05) is 6.61 Å². The number of hydrogen-bond donors (Lipinski definition) is 2. The van der Waals surface area contributed by atoms with Crippen LogP contribution in [0.1, 0.15) is 28.2 Å². The average Bonchev–Trinajstić information content (AvgIpc) is 3.10. The van der Waals surface area contributed by atoms with Crippen molar-refractivity contribution in [3.63, 3.8) is 0 Å². The van der Waals surface area contributed by atoms with E-state index in [9.17, 15) is 15.0 Å². The van der Waals surface area contributed by atoms with Crippen molar-refractivity contribution in [2.45, 2.75) is 19.4 Å². The van der Waals surface area contributed by atoms with Crippen molar-refractivity contribution in [1.29, 1.82) is 0 Å². The summed E-state index contributed by atoms with van der Waals surface area (Å²) in [5, 5.41) is 18.6. The highest BCUT2D eigenvalue weighted by Gasteiger charge is 2.13. The Morgan fingerprint density at radius 1 is 0.931 bits per heavy atom. The number of aromatic carboxylic acids is 1. The second kappa shape index (κ2) is 8.29. The molecule has 0 spiro atoms. The summed E-state index contributed by atoms with van der Waals surface area (Å²) in [7, 11) is 0. The Morgan fingerprint density at radius 3 is 2.41 bits per heavy atom. The number of carboxylic acid groups (broad SMARTS) is 1. The van der Waals surface area contributed by atoms with Gasteiger partial charge >= 0.3 is 5.97 Å². The van der Waals surface area contributed by atoms with E-state index >= 15 is 0 Å². The van der Waals surface area contributed by atoms with Crippen molar-refractivity contribution in [3.05, 3.63) is 89.7 Å². The highest BCUT2D eigenvalue weighted by atomic mass is 16.4. The summed E-state index contributed by atoms with van der Waals surface area (Å²) < 4.78 is 2.19. The molecule has 0 amide bonds. The maximum atomic E-state index is 11.5. The van der Waals surface area contributed by atoms with Gasteiger partial charge in [-0.25, -0.2) is 9.78 Å². The molecule has 0 aliphatic rings. The molecule has 5 heteroatoms. The van der Waals surface area contributed by atoms with Crippen LogP contribution in [0.2, 0.25) is 0 Å². The molecule has 4 aromatic rings. The minimum absolute atomic E-state index is 0.140. The number of aryl methyl sites for hydroxylation is 1. The zero-order valence-corrected chi connectivity index (χ0v) is 16.0. The maximum absolute atomic E-state index is 11.5. The van der Waals surface area contributed by atoms with E-state index in [-0.39, 0.29) is 6.61 Å². The molecule has 0 aliphatic carbocycles. The topological polar surface area (TPSA) is 75.3 Å². The van der Waals surface area contributed by atoms with Crippen molar-refractivity contribution < 1.29 is 15.0 Å². The van der Waals surface area contributed by atoms with Gasteiger partial charge in [0.1, 0.15) is 5.82 Å². The van der Waals surface area contributed by atoms with Gasteiger partial charge in [0.2, 0.25) is 0 Å². The van der Waals surface area contributed by atoms with Crippen LogP contribution in [0, 0.1) is 0 Å². The Kier molecular flexibility index (Phi) is 5.40. The Balaban J connectivity index is 1.66. The number of aliphatic hydroxyl groups excluding tert-OH is 1. The lowest BCUT2D eigenvalue weighted by molar-refractivity contribution is 0.0697. The SMILES string of the molecule is O=C(O)c1ccccc1-c1ccc(Cn2c(CCCO)nc3ccccc32)cc1. The molecule has 146 valence electrons. The van der Waals surface area contributed by atoms with Crippen LogP contribution < -0.4 is 0 Å². The molecule has 0 saturated carbocycles. The number of hydrogen-bond acceptors (Lipinski definition) is 3. The molecule has 29 heavy (non-hydrogen) atoms. The molecular formula is C24H22N2O3. The summed E-state index contributed by atoms with van der Waals surface area (Å²) >= 11 is 0. The molecule has 1 aromatic heterocycles. The van der Waals surface area contributed by atoms with E-state index in [0.717, 1.165) is 34.4 Å². The lowest BCUT2D eigenvalue weighted by atomic mass is 9.99. The molecule has 5 nitrogen and oxygen atoms in total. The Morgan fingerprint density at radius 2 is 1.66 bits per heavy atom. The fraction of sp³-hybridized carbons (Fsp3) is 0.167. The first-order valence-electron chi connectivity index (χ1n) is 9.64. The number of imidazole rings is 1. The number of para-hydroxylation sites is 2. The predicted octanol–water partition coefficient (Wildman–Crippen LogP) is 4.37. The smallest absolute Gasteiger partial charge is 0.336 e. The number of benzene rings is 3. The van der Waals surface area contributed by atoms with Gasteiger partial charge in [0.25, 0.3) is 0 Å². The lowest BCUT2D eigenvalue weighted by Gasteiger charge is -2.11. The van der Waals surface area contributed by atoms with Gasteiger partial charge in [-0.2, -0.15) is 0 Å². The quantitative estimate of drug-likeness (QED) is 0.494. The number of aliphatic hydroxyl groups is 1. The van der Waals surface area contributed by atoms with Gasteiger partial charge in [-0.05, 0) is 41.3 Å². The van der Waals surface area contributed by atoms with Crippen LogP contribution in [0.15, 0.2) is 72.8 Å². The molecule has 0 radical (unpaired) electrons. The monoisotopic (exact) mass is 386 g/mol. The van der Waals surface area contributed by atoms with Crippen molar-refractivity contribution in [3.8, 4) is 11.1 Å². The van der Waals surface area contributed by atoms with Gasteiger partial charge in [0, 0.05) is 19.6 Å². The summed E-state index contributed by atoms with van der Waals surface area (Å²) in [6, 6.07) is 23.0. The predicted molar refractivity (Wildman–Crippen MR) is 113 cm³/mol. The van der Waals surface area contributed by atoms with Gasteiger partial charge in [0.05, 0.1) is 16.6 Å². The highest BCUT2D eigenvalue weighted by Crippen LogP contribution is 2.25. The summed E-state index contributed by atoms with van der Waals surface area (Å²) in [5.74, 6) is 0.0311. The summed E-state index contributed by atoms with van der Waals surface area (Å²) in [6.07, 6.45) is 1.39. The zero-order chi connectivity index (χ0) is 20.2. The third kappa shape index (κ3) is 3.91. The van der Waals surface area contributed by atoms with Crippen LogP contribution in [0.5, 0.6) is 0 Å². The molecule has 0 unspecified atom stereocenters. The second-order valence-electron chi connectivity index (χ2n) is 6.98. The van der Waals surface area contributed by atoms with Crippen LogP contribution in [0.25, 0.3) is 22.2 Å². The van der Waals surface area contributed by atoms with Crippen molar-refractivity contribution >= 4 is 17.0 Å². The molecule has 0 aliphatic heterocycles. The number of carboxylic acids is 1. The van der Waals surface area contributed by atoms with Gasteiger partial charge < -0.3 is 14.8 Å². The largest absolute Gasteiger partial charge is 0.478 e. The number of fused-ring (bicyclic) bond motifs is 1. The number of aromatic nitrogens is 2. The van der Waals surface area contributed by atoms with Crippen molar-refractivity contribution in [2.24, 2.45) is 0 Å². The molecule has 4 rings (SSSR count). The van der Waals surface area contributed by atoms with Crippen LogP contribution in [0.4, 0.5) is 0 Å². The molecule has 0 bridgehead atoms. The third-order valence-electron chi connectivity index (χ3n) is 5.06. The molecule has 1 heterocycles. The van der Waals surface area contributed by atoms with Crippen LogP contribution in [-0.4, -0.2) is 32.3 Å². The number of nitrogens with zero attached hydrogens (tertiary/aromatic N) is 2. The van der Waals surface area contributed by atoms with Gasteiger partial charge in [-0.15, -0.1) is 0 Å². The first-order valence-corrected chi connectivity index (χ1v) is 9.64. The third-order valence-corrected chi connectivity index (χ3v) is 5.06. The van der Waals surface area contributed by atoms with Gasteiger partial charge in [0.15, 0.2) is 0 Å². The summed E-state index contributed by atoms with van der Waals surface area (Å²) in [4.78, 5) is 16.2. The van der Waals surface area contributed by atoms with Gasteiger partial charge in [-0.1, -0.05) is 54.6 Å². The van der Waals surface area contributed by atoms with E-state index in [1.807, 2.05) is 54.6 Å². The minimum Gasteiger partial charge on any atom is -0.478 e. The molecule has 0 atom stereocenters. The molecule has 0 fully saturated rings. The molecule has 0 saturated heterocycles. The van der Waals surface area contributed by atoms with E-state index in [4.69, 9.17) is 4.98 Å². The first kappa shape index (κ1) is 18.9. The van der Waals surface area contributed by atoms with E-state index in [2.05, 4.69) is 10.6 Å². The average molecular weight is 386 g/mol. The Bertz CT molecular complexity index is 1150. The molecule has 3 aromatic carbocycles. The van der Waals surface area contributed by atoms with Crippen LogP contribution in [-0.2, 0) is 13.0 Å². The lowest BCUT2D eigenvalue weighted by Crippen LogP contribution is -2.06. The maximum Gasteiger partial charge on any atom is 0.336 e. The van der Waals surface area contributed by atoms with Crippen molar-refractivity contribution in [1.82, 2.24) is 9.55 Å². The second-order valence-corrected chi connectivity index (χ2v) is 6.98. The van der Waals surface area contributed by atoms with E-state index < -0.39 is 5.97 Å². The fourth-order valence-corrected chi connectivity index (χ4v) is 3.62. The highest BCUT2D eigenvalue weighted by molar-refractivity contribution is 5.96. The Hall–Kier alpha value is -3.44. The van der Waals surface area contributed by atoms with Crippen LogP contribution in [0.3, 0.4) is 0 Å². The standard InChI is InChI=1S/C24H22N2O3/c27-15-5-10-23-25-21-8-3-4-9-22(21)26(23)16-17-11-13-18(14-12-17)19-6-1-2-7-20(19)24(28)29/h1-4,6-9,11-14,27H,5,10,15-16H2,(H,28,29). The van der Waals surface area contributed by atoms with E-state index in [0.29, 0.717) is 24.1 Å². The molecule has 2 N–H and O–H groups in total.